The molecular weight excluding hydrogens is 560 g/mol. The second-order valence-corrected chi connectivity index (χ2v) is 11.4. The van der Waals surface area contributed by atoms with Crippen LogP contribution in [0.4, 0.5) is 0 Å². The molecule has 1 aliphatic rings. The maximum absolute atomic E-state index is 13.8. The number of ether oxygens (including phenoxy) is 2. The Morgan fingerprint density at radius 3 is 2.47 bits per heavy atom. The van der Waals surface area contributed by atoms with E-state index in [0.29, 0.717) is 26.4 Å². The molecule has 0 fully saturated rings. The van der Waals surface area contributed by atoms with Crippen LogP contribution in [0.2, 0.25) is 0 Å². The van der Waals surface area contributed by atoms with Gasteiger partial charge in [0.2, 0.25) is 0 Å². The molecule has 0 radical (unpaired) electrons. The molecule has 0 amide bonds. The molecule has 1 unspecified atom stereocenters. The van der Waals surface area contributed by atoms with E-state index in [0.717, 1.165) is 19.8 Å². The highest BCUT2D eigenvalue weighted by molar-refractivity contribution is 9.11. The van der Waals surface area contributed by atoms with E-state index in [1.165, 1.54) is 22.7 Å². The van der Waals surface area contributed by atoms with Crippen LogP contribution in [0.1, 0.15) is 29.0 Å². The highest BCUT2D eigenvalue weighted by Crippen LogP contribution is 2.35. The normalized spacial score (nSPS) is 15.4. The number of methoxy groups -OCH3 is 1. The third-order valence-corrected chi connectivity index (χ3v) is 8.23. The Morgan fingerprint density at radius 1 is 1.08 bits per heavy atom. The fraction of sp³-hybridized carbons (Fsp3) is 0.148. The zero-order valence-corrected chi connectivity index (χ0v) is 22.7. The van der Waals surface area contributed by atoms with Crippen molar-refractivity contribution in [3.8, 4) is 5.75 Å². The fourth-order valence-electron chi connectivity index (χ4n) is 4.08. The topological polar surface area (TPSA) is 69.9 Å². The van der Waals surface area contributed by atoms with Crippen molar-refractivity contribution in [2.24, 2.45) is 4.99 Å². The van der Waals surface area contributed by atoms with Crippen LogP contribution in [-0.2, 0) is 9.53 Å². The zero-order chi connectivity index (χ0) is 25.2. The van der Waals surface area contributed by atoms with Gasteiger partial charge in [0.25, 0.3) is 5.56 Å². The maximum Gasteiger partial charge on any atom is 0.338 e. The van der Waals surface area contributed by atoms with Crippen LogP contribution in [0.5, 0.6) is 5.75 Å². The van der Waals surface area contributed by atoms with Crippen molar-refractivity contribution in [1.29, 1.82) is 0 Å². The molecule has 6 nitrogen and oxygen atoms in total. The van der Waals surface area contributed by atoms with Crippen molar-refractivity contribution >= 4 is 56.3 Å². The van der Waals surface area contributed by atoms with Gasteiger partial charge in [0.05, 0.1) is 39.3 Å². The molecule has 36 heavy (non-hydrogen) atoms. The number of aromatic nitrogens is 1. The molecule has 2 aromatic carbocycles. The Labute approximate surface area is 223 Å². The first-order valence-corrected chi connectivity index (χ1v) is 13.6. The van der Waals surface area contributed by atoms with Crippen LogP contribution in [0, 0.1) is 0 Å². The summed E-state index contributed by atoms with van der Waals surface area (Å²) in [4.78, 5) is 33.5. The molecule has 1 atom stereocenters. The Hall–Kier alpha value is -3.27. The monoisotopic (exact) mass is 580 g/mol. The van der Waals surface area contributed by atoms with Crippen LogP contribution in [0.3, 0.4) is 0 Å². The molecule has 2 aromatic heterocycles. The Kier molecular flexibility index (Phi) is 7.04. The first-order chi connectivity index (χ1) is 17.5. The minimum Gasteiger partial charge on any atom is -0.497 e. The quantitative estimate of drug-likeness (QED) is 0.308. The molecule has 3 heterocycles. The van der Waals surface area contributed by atoms with E-state index in [1.54, 1.807) is 18.6 Å². The van der Waals surface area contributed by atoms with Crippen molar-refractivity contribution in [2.45, 2.75) is 13.0 Å². The maximum atomic E-state index is 13.8. The van der Waals surface area contributed by atoms with Gasteiger partial charge in [0.15, 0.2) is 4.80 Å². The van der Waals surface area contributed by atoms with E-state index in [1.807, 2.05) is 72.8 Å². The summed E-state index contributed by atoms with van der Waals surface area (Å²) >= 11 is 6.32. The summed E-state index contributed by atoms with van der Waals surface area (Å²) in [5.74, 6) is 0.178. The first kappa shape index (κ1) is 24.4. The van der Waals surface area contributed by atoms with Crippen LogP contribution in [-0.4, -0.2) is 24.3 Å². The van der Waals surface area contributed by atoms with E-state index >= 15 is 0 Å². The number of rotatable bonds is 6. The van der Waals surface area contributed by atoms with Crippen molar-refractivity contribution in [1.82, 2.24) is 4.57 Å². The molecule has 0 bridgehead atoms. The van der Waals surface area contributed by atoms with Gasteiger partial charge in [-0.2, -0.15) is 0 Å². The number of thiazole rings is 1. The van der Waals surface area contributed by atoms with E-state index < -0.39 is 12.0 Å². The van der Waals surface area contributed by atoms with Crippen LogP contribution >= 0.6 is 38.6 Å². The van der Waals surface area contributed by atoms with Gasteiger partial charge >= 0.3 is 5.97 Å². The lowest BCUT2D eigenvalue weighted by molar-refractivity contribution is -0.138. The predicted octanol–water partition coefficient (Wildman–Crippen LogP) is 4.77. The summed E-state index contributed by atoms with van der Waals surface area (Å²) < 4.78 is 13.9. The minimum atomic E-state index is -0.710. The van der Waals surface area contributed by atoms with Gasteiger partial charge in [0, 0.05) is 10.4 Å². The number of hydrogen-bond acceptors (Lipinski definition) is 7. The smallest absolute Gasteiger partial charge is 0.338 e. The molecule has 4 aromatic rings. The van der Waals surface area contributed by atoms with Gasteiger partial charge in [-0.1, -0.05) is 53.8 Å². The summed E-state index contributed by atoms with van der Waals surface area (Å²) in [6, 6.07) is 20.1. The van der Waals surface area contributed by atoms with Crippen LogP contribution in [0.15, 0.2) is 85.9 Å². The summed E-state index contributed by atoms with van der Waals surface area (Å²) in [6.45, 7) is 1.97. The zero-order valence-electron chi connectivity index (χ0n) is 19.4. The second kappa shape index (κ2) is 10.4. The Balaban J connectivity index is 1.82. The van der Waals surface area contributed by atoms with Gasteiger partial charge < -0.3 is 9.47 Å². The first-order valence-electron chi connectivity index (χ1n) is 11.2. The number of halogens is 1. The van der Waals surface area contributed by atoms with Crippen molar-refractivity contribution in [3.05, 3.63) is 112 Å². The number of carbonyl (C=O) groups is 1. The average Bonchev–Trinajstić information content (AvgIpc) is 3.45. The molecule has 0 saturated heterocycles. The third-order valence-electron chi connectivity index (χ3n) is 5.67. The molecule has 9 heteroatoms. The number of esters is 1. The molecule has 1 aliphatic heterocycles. The summed E-state index contributed by atoms with van der Waals surface area (Å²) in [5.41, 5.74) is 2.15. The molecule has 5 rings (SSSR count). The van der Waals surface area contributed by atoms with Gasteiger partial charge in [-0.05, 0) is 58.8 Å². The van der Waals surface area contributed by atoms with Gasteiger partial charge in [-0.25, -0.2) is 9.79 Å². The number of benzene rings is 2. The van der Waals surface area contributed by atoms with E-state index in [-0.39, 0.29) is 12.2 Å². The highest BCUT2D eigenvalue weighted by atomic mass is 79.9. The largest absolute Gasteiger partial charge is 0.497 e. The Bertz CT molecular complexity index is 1630. The minimum absolute atomic E-state index is 0.206. The van der Waals surface area contributed by atoms with E-state index in [9.17, 15) is 9.59 Å². The van der Waals surface area contributed by atoms with Crippen molar-refractivity contribution in [3.63, 3.8) is 0 Å². The number of fused-ring (bicyclic) bond motifs is 1. The summed E-state index contributed by atoms with van der Waals surface area (Å²) in [7, 11) is 1.60. The lowest BCUT2D eigenvalue weighted by Crippen LogP contribution is -2.39. The van der Waals surface area contributed by atoms with Crippen LogP contribution in [0.25, 0.3) is 11.8 Å². The van der Waals surface area contributed by atoms with Crippen molar-refractivity contribution < 1.29 is 14.3 Å². The molecule has 182 valence electrons. The SMILES string of the molecule is CCOC(=O)C1=C(c2ccccc2)N=c2sc(=Cc3ccc(Br)s3)c(=O)n2C1c1ccc(OC)cc1. The Morgan fingerprint density at radius 2 is 1.83 bits per heavy atom. The van der Waals surface area contributed by atoms with Crippen LogP contribution < -0.4 is 19.6 Å². The molecular formula is C27H21BrN2O4S2. The lowest BCUT2D eigenvalue weighted by Gasteiger charge is -2.26. The van der Waals surface area contributed by atoms with E-state index in [2.05, 4.69) is 15.9 Å². The van der Waals surface area contributed by atoms with E-state index in [4.69, 9.17) is 14.5 Å². The lowest BCUT2D eigenvalue weighted by atomic mass is 9.93. The predicted molar refractivity (Wildman–Crippen MR) is 146 cm³/mol. The summed E-state index contributed by atoms with van der Waals surface area (Å²) in [5, 5.41) is 0. The highest BCUT2D eigenvalue weighted by Gasteiger charge is 2.35. The number of carbonyl (C=O) groups excluding carboxylic acids is 1. The average molecular weight is 582 g/mol. The summed E-state index contributed by atoms with van der Waals surface area (Å²) in [6.07, 6.45) is 1.86. The van der Waals surface area contributed by atoms with Gasteiger partial charge in [0.1, 0.15) is 5.75 Å². The standard InChI is InChI=1S/C27H21BrN2O4S2/c1-3-34-26(32)22-23(16-7-5-4-6-8-16)29-27-30(24(22)17-9-11-18(33-2)12-10-17)25(31)20(36-27)15-19-13-14-21(28)35-19/h4-15,24H,3H2,1-2H3. The van der Waals surface area contributed by atoms with Crippen molar-refractivity contribution in [2.75, 3.05) is 13.7 Å². The molecule has 0 spiro atoms. The van der Waals surface area contributed by atoms with Gasteiger partial charge in [-0.15, -0.1) is 11.3 Å². The fourth-order valence-corrected chi connectivity index (χ4v) is 6.51. The number of hydrogen-bond donors (Lipinski definition) is 0. The molecule has 0 saturated carbocycles. The molecule has 0 aliphatic carbocycles. The number of thiophene rings is 1. The third kappa shape index (κ3) is 4.61. The number of nitrogens with zero attached hydrogens (tertiary/aromatic N) is 2. The second-order valence-electron chi connectivity index (χ2n) is 7.85. The molecule has 0 N–H and O–H groups in total. The van der Waals surface area contributed by atoms with Gasteiger partial charge in [-0.3, -0.25) is 9.36 Å².